The second kappa shape index (κ2) is 10.9. The Morgan fingerprint density at radius 2 is 1.56 bits per heavy atom. The van der Waals surface area contributed by atoms with Gasteiger partial charge in [0.2, 0.25) is 0 Å². The molecule has 0 aliphatic rings. The normalized spacial score (nSPS) is 10.8. The molecule has 5 rings (SSSR count). The second-order valence-corrected chi connectivity index (χ2v) is 8.75. The predicted octanol–water partition coefficient (Wildman–Crippen LogP) is 5.88. The molecule has 0 aliphatic carbocycles. The van der Waals surface area contributed by atoms with Gasteiger partial charge in [-0.3, -0.25) is 0 Å². The lowest BCUT2D eigenvalue weighted by molar-refractivity contribution is 0.768. The van der Waals surface area contributed by atoms with E-state index in [4.69, 9.17) is 16.5 Å². The topological polar surface area (TPSA) is 82.8 Å². The van der Waals surface area contributed by atoms with Crippen molar-refractivity contribution in [3.05, 3.63) is 102 Å². The Hall–Kier alpha value is -4.40. The number of nitrogen functional groups attached to an aromatic ring is 1. The molecular weight excluding hydrogens is 442 g/mol. The third-order valence-electron chi connectivity index (χ3n) is 6.23. The van der Waals surface area contributed by atoms with E-state index in [1.165, 1.54) is 0 Å². The van der Waals surface area contributed by atoms with E-state index in [2.05, 4.69) is 82.1 Å². The molecule has 0 saturated carbocycles. The van der Waals surface area contributed by atoms with Crippen LogP contribution in [0.1, 0.15) is 30.4 Å². The molecule has 0 unspecified atom stereocenters. The van der Waals surface area contributed by atoms with Gasteiger partial charge in [-0.05, 0) is 48.2 Å². The molecule has 178 valence electrons. The number of nitrogens with zero attached hydrogens (tertiary/aromatic N) is 3. The molecule has 0 radical (unpaired) electrons. The fraction of sp³-hybridized carbons (Fsp3) is 0.161. The summed E-state index contributed by atoms with van der Waals surface area (Å²) in [5, 5.41) is 0.874. The van der Waals surface area contributed by atoms with Gasteiger partial charge >= 0.3 is 0 Å². The molecule has 2 aromatic heterocycles. The van der Waals surface area contributed by atoms with Crippen molar-refractivity contribution in [2.24, 2.45) is 5.73 Å². The van der Waals surface area contributed by atoms with Gasteiger partial charge in [0.25, 0.3) is 0 Å². The molecule has 0 spiro atoms. The Bertz CT molecular complexity index is 1530. The smallest absolute Gasteiger partial charge is 0.146 e. The highest BCUT2D eigenvalue weighted by molar-refractivity contribution is 6.07. The third-order valence-corrected chi connectivity index (χ3v) is 6.23. The summed E-state index contributed by atoms with van der Waals surface area (Å²) >= 11 is 0. The van der Waals surface area contributed by atoms with E-state index >= 15 is 0 Å². The first kappa shape index (κ1) is 23.3. The zero-order valence-corrected chi connectivity index (χ0v) is 20.2. The molecule has 4 N–H and O–H groups in total. The number of fused-ring (bicyclic) bond motifs is 1. The largest absolute Gasteiger partial charge is 0.383 e. The van der Waals surface area contributed by atoms with E-state index in [9.17, 15) is 0 Å². The van der Waals surface area contributed by atoms with Gasteiger partial charge < -0.3 is 16.0 Å². The summed E-state index contributed by atoms with van der Waals surface area (Å²) in [6, 6.07) is 29.1. The fourth-order valence-corrected chi connectivity index (χ4v) is 4.58. The molecule has 2 heterocycles. The van der Waals surface area contributed by atoms with E-state index in [1.807, 2.05) is 24.3 Å². The van der Waals surface area contributed by atoms with Crippen LogP contribution in [0.25, 0.3) is 33.4 Å². The van der Waals surface area contributed by atoms with Crippen LogP contribution in [0.4, 0.5) is 5.82 Å². The minimum Gasteiger partial charge on any atom is -0.383 e. The number of hydrogen-bond donors (Lipinski definition) is 2. The predicted molar refractivity (Wildman–Crippen MR) is 148 cm³/mol. The SMILES string of the molecule is NCCCCC#Cc1cccc(Cn2c(-c3ccccc3)c(-c3ccccc3)c3c(N)ncnc32)c1. The highest BCUT2D eigenvalue weighted by Gasteiger charge is 2.23. The highest BCUT2D eigenvalue weighted by atomic mass is 15.1. The van der Waals surface area contributed by atoms with Gasteiger partial charge in [-0.15, -0.1) is 0 Å². The lowest BCUT2D eigenvalue weighted by atomic mass is 9.99. The van der Waals surface area contributed by atoms with Gasteiger partial charge in [0.15, 0.2) is 0 Å². The zero-order valence-electron chi connectivity index (χ0n) is 20.2. The number of nitrogens with two attached hydrogens (primary N) is 2. The van der Waals surface area contributed by atoms with Crippen molar-refractivity contribution in [1.82, 2.24) is 14.5 Å². The van der Waals surface area contributed by atoms with Crippen molar-refractivity contribution in [2.75, 3.05) is 12.3 Å². The number of hydrogen-bond acceptors (Lipinski definition) is 4. The van der Waals surface area contributed by atoms with Gasteiger partial charge in [0.05, 0.1) is 11.1 Å². The van der Waals surface area contributed by atoms with Crippen LogP contribution in [-0.2, 0) is 6.54 Å². The van der Waals surface area contributed by atoms with Crippen molar-refractivity contribution < 1.29 is 0 Å². The number of aromatic nitrogens is 3. The monoisotopic (exact) mass is 471 g/mol. The Labute approximate surface area is 211 Å². The molecule has 0 amide bonds. The van der Waals surface area contributed by atoms with Crippen LogP contribution in [0.2, 0.25) is 0 Å². The van der Waals surface area contributed by atoms with Crippen molar-refractivity contribution >= 4 is 16.9 Å². The molecule has 3 aromatic carbocycles. The fourth-order valence-electron chi connectivity index (χ4n) is 4.58. The molecule has 0 bridgehead atoms. The Kier molecular flexibility index (Phi) is 7.07. The van der Waals surface area contributed by atoms with Gasteiger partial charge in [0.1, 0.15) is 17.8 Å². The lowest BCUT2D eigenvalue weighted by Crippen LogP contribution is -2.04. The van der Waals surface area contributed by atoms with E-state index in [0.29, 0.717) is 18.9 Å². The van der Waals surface area contributed by atoms with Gasteiger partial charge in [0, 0.05) is 24.1 Å². The highest BCUT2D eigenvalue weighted by Crippen LogP contribution is 2.42. The summed E-state index contributed by atoms with van der Waals surface area (Å²) < 4.78 is 2.25. The van der Waals surface area contributed by atoms with E-state index in [1.54, 1.807) is 6.33 Å². The van der Waals surface area contributed by atoms with Crippen LogP contribution >= 0.6 is 0 Å². The number of unbranched alkanes of at least 4 members (excludes halogenated alkanes) is 2. The molecule has 0 atom stereocenters. The van der Waals surface area contributed by atoms with Crippen LogP contribution < -0.4 is 11.5 Å². The molecule has 5 heteroatoms. The van der Waals surface area contributed by atoms with E-state index in [-0.39, 0.29) is 0 Å². The quantitative estimate of drug-likeness (QED) is 0.229. The summed E-state index contributed by atoms with van der Waals surface area (Å²) in [5.74, 6) is 7.06. The van der Waals surface area contributed by atoms with Crippen LogP contribution in [0.3, 0.4) is 0 Å². The van der Waals surface area contributed by atoms with Crippen LogP contribution in [0.15, 0.2) is 91.3 Å². The van der Waals surface area contributed by atoms with Crippen molar-refractivity contribution in [3.63, 3.8) is 0 Å². The number of benzene rings is 3. The summed E-state index contributed by atoms with van der Waals surface area (Å²) in [5.41, 5.74) is 19.3. The molecule has 0 fully saturated rings. The summed E-state index contributed by atoms with van der Waals surface area (Å²) in [6.07, 6.45) is 4.44. The Morgan fingerprint density at radius 3 is 2.31 bits per heavy atom. The van der Waals surface area contributed by atoms with Gasteiger partial charge in [-0.2, -0.15) is 0 Å². The van der Waals surface area contributed by atoms with E-state index in [0.717, 1.165) is 63.8 Å². The minimum absolute atomic E-state index is 0.479. The molecule has 0 aliphatic heterocycles. The first-order valence-corrected chi connectivity index (χ1v) is 12.3. The molecular formula is C31H29N5. The van der Waals surface area contributed by atoms with E-state index < -0.39 is 0 Å². The number of rotatable bonds is 7. The molecule has 5 nitrogen and oxygen atoms in total. The van der Waals surface area contributed by atoms with Gasteiger partial charge in [-0.25, -0.2) is 9.97 Å². The van der Waals surface area contributed by atoms with Gasteiger partial charge in [-0.1, -0.05) is 84.6 Å². The zero-order chi connectivity index (χ0) is 24.7. The summed E-state index contributed by atoms with van der Waals surface area (Å²) in [4.78, 5) is 9.05. The maximum atomic E-state index is 6.47. The van der Waals surface area contributed by atoms with Crippen molar-refractivity contribution in [3.8, 4) is 34.2 Å². The third kappa shape index (κ3) is 4.86. The standard InChI is InChI=1S/C31H29N5/c32-19-10-2-1-5-12-23-13-11-14-24(20-23)21-36-29(26-17-8-4-9-18-26)27(25-15-6-3-7-16-25)28-30(33)34-22-35-31(28)36/h3-4,6-9,11,13-18,20,22H,1-2,10,19,21,32H2,(H2,33,34,35). The number of anilines is 1. The van der Waals surface area contributed by atoms with Crippen LogP contribution in [-0.4, -0.2) is 21.1 Å². The molecule has 0 saturated heterocycles. The second-order valence-electron chi connectivity index (χ2n) is 8.75. The maximum absolute atomic E-state index is 6.47. The maximum Gasteiger partial charge on any atom is 0.146 e. The van der Waals surface area contributed by atoms with Crippen molar-refractivity contribution in [1.29, 1.82) is 0 Å². The van der Waals surface area contributed by atoms with Crippen LogP contribution in [0, 0.1) is 11.8 Å². The summed E-state index contributed by atoms with van der Waals surface area (Å²) in [6.45, 7) is 1.34. The summed E-state index contributed by atoms with van der Waals surface area (Å²) in [7, 11) is 0. The lowest BCUT2D eigenvalue weighted by Gasteiger charge is -2.13. The Balaban J connectivity index is 1.65. The first-order chi connectivity index (χ1) is 17.8. The van der Waals surface area contributed by atoms with Crippen molar-refractivity contribution in [2.45, 2.75) is 25.8 Å². The Morgan fingerprint density at radius 1 is 0.806 bits per heavy atom. The van der Waals surface area contributed by atoms with Crippen LogP contribution in [0.5, 0.6) is 0 Å². The molecule has 5 aromatic rings. The average molecular weight is 472 g/mol. The molecule has 36 heavy (non-hydrogen) atoms. The average Bonchev–Trinajstić information content (AvgIpc) is 3.25. The minimum atomic E-state index is 0.479. The first-order valence-electron chi connectivity index (χ1n) is 12.3.